The molecule has 0 saturated carbocycles. The van der Waals surface area contributed by atoms with Crippen LogP contribution in [0, 0.1) is 10.1 Å². The molecule has 15 heavy (non-hydrogen) atoms. The second kappa shape index (κ2) is 14.3. The van der Waals surface area contributed by atoms with Crippen molar-refractivity contribution in [3.05, 3.63) is 28.4 Å². The first-order valence-electron chi connectivity index (χ1n) is 2.47. The Morgan fingerprint density at radius 3 is 1.93 bits per heavy atom. The SMILES string of the molecule is O=[N+]([O-])c1ccnc([O-])c1.[Cl-].[Cl-].[Cl-].[Cl-].[Sb+5]. The van der Waals surface area contributed by atoms with Crippen molar-refractivity contribution in [3.8, 4) is 5.88 Å². The molecule has 0 N–H and O–H groups in total. The number of rotatable bonds is 1. The molecule has 0 atom stereocenters. The zero-order valence-electron chi connectivity index (χ0n) is 6.81. The molecule has 0 aliphatic rings. The fraction of sp³-hybridized carbons (Fsp3) is 0. The van der Waals surface area contributed by atoms with Gasteiger partial charge < -0.3 is 54.7 Å². The minimum Gasteiger partial charge on any atom is -1.00 e. The average Bonchev–Trinajstić information content (AvgIpc) is 1.88. The number of hydrogen-bond acceptors (Lipinski definition) is 4. The molecule has 0 spiro atoms. The first kappa shape index (κ1) is 29.5. The van der Waals surface area contributed by atoms with Crippen molar-refractivity contribution in [1.82, 2.24) is 4.98 Å². The van der Waals surface area contributed by atoms with Crippen molar-refractivity contribution in [1.29, 1.82) is 0 Å². The predicted molar refractivity (Wildman–Crippen MR) is 36.1 cm³/mol. The Bertz CT molecular complexity index is 278. The Kier molecular flexibility index (Phi) is 28.2. The van der Waals surface area contributed by atoms with E-state index < -0.39 is 10.8 Å². The monoisotopic (exact) mass is 400 g/mol. The molecule has 84 valence electrons. The second-order valence-electron chi connectivity index (χ2n) is 1.61. The van der Waals surface area contributed by atoms with Gasteiger partial charge in [-0.3, -0.25) is 15.1 Å². The van der Waals surface area contributed by atoms with Crippen LogP contribution >= 0.6 is 0 Å². The van der Waals surface area contributed by atoms with E-state index >= 15 is 0 Å². The first-order chi connectivity index (χ1) is 4.70. The van der Waals surface area contributed by atoms with Crippen LogP contribution in [0.25, 0.3) is 0 Å². The van der Waals surface area contributed by atoms with Crippen LogP contribution in [0.1, 0.15) is 0 Å². The predicted octanol–water partition coefficient (Wildman–Crippen LogP) is -12.3. The van der Waals surface area contributed by atoms with Crippen LogP contribution in [0.5, 0.6) is 5.88 Å². The number of nitro groups is 1. The summed E-state index contributed by atoms with van der Waals surface area (Å²) in [5, 5.41) is 20.4. The summed E-state index contributed by atoms with van der Waals surface area (Å²) < 4.78 is 0. The topological polar surface area (TPSA) is 79.1 Å². The van der Waals surface area contributed by atoms with Gasteiger partial charge in [0.05, 0.1) is 4.92 Å². The summed E-state index contributed by atoms with van der Waals surface area (Å²) in [7, 11) is 0. The molecule has 1 rings (SSSR count). The van der Waals surface area contributed by atoms with Crippen LogP contribution in [-0.4, -0.2) is 34.3 Å². The zero-order chi connectivity index (χ0) is 7.56. The van der Waals surface area contributed by atoms with Crippen molar-refractivity contribution in [2.75, 3.05) is 0 Å². The van der Waals surface area contributed by atoms with E-state index in [2.05, 4.69) is 4.98 Å². The van der Waals surface area contributed by atoms with E-state index in [-0.39, 0.29) is 79.7 Å². The summed E-state index contributed by atoms with van der Waals surface area (Å²) in [6.45, 7) is 0. The van der Waals surface area contributed by atoms with Gasteiger partial charge in [-0.15, -0.1) is 0 Å². The molecule has 0 aliphatic carbocycles. The van der Waals surface area contributed by atoms with Gasteiger partial charge in [-0.2, -0.15) is 0 Å². The van der Waals surface area contributed by atoms with Gasteiger partial charge in [0, 0.05) is 18.3 Å². The number of halogens is 4. The Morgan fingerprint density at radius 1 is 1.20 bits per heavy atom. The molecular weight excluding hydrogens is 400 g/mol. The molecule has 1 heterocycles. The van der Waals surface area contributed by atoms with Crippen LogP contribution < -0.4 is 54.7 Å². The fourth-order valence-electron chi connectivity index (χ4n) is 0.513. The molecule has 0 aromatic carbocycles. The third-order valence-electron chi connectivity index (χ3n) is 0.929. The molecular formula is C5H3Cl4N2O3Sb. The van der Waals surface area contributed by atoms with Crippen molar-refractivity contribution < 1.29 is 59.7 Å². The Balaban J connectivity index is -0.0000000667. The van der Waals surface area contributed by atoms with Gasteiger partial charge in [-0.1, -0.05) is 0 Å². The van der Waals surface area contributed by atoms with Gasteiger partial charge in [0.15, 0.2) is 0 Å². The largest absolute Gasteiger partial charge is 5.00 e. The maximum absolute atomic E-state index is 10.4. The summed E-state index contributed by atoms with van der Waals surface area (Å²) in [5.41, 5.74) is -0.222. The molecule has 0 saturated heterocycles. The van der Waals surface area contributed by atoms with Crippen molar-refractivity contribution in [2.45, 2.75) is 0 Å². The third kappa shape index (κ3) is 10.6. The van der Waals surface area contributed by atoms with Crippen LogP contribution in [0.3, 0.4) is 0 Å². The van der Waals surface area contributed by atoms with Crippen LogP contribution in [0.15, 0.2) is 18.3 Å². The van der Waals surface area contributed by atoms with E-state index in [4.69, 9.17) is 0 Å². The molecule has 0 fully saturated rings. The Morgan fingerprint density at radius 2 is 1.67 bits per heavy atom. The number of pyridine rings is 1. The second-order valence-corrected chi connectivity index (χ2v) is 1.61. The summed E-state index contributed by atoms with van der Waals surface area (Å²) >= 11 is 0. The van der Waals surface area contributed by atoms with E-state index in [1.807, 2.05) is 0 Å². The number of hydrogen-bond donors (Lipinski definition) is 0. The van der Waals surface area contributed by atoms with E-state index in [1.165, 1.54) is 6.07 Å². The van der Waals surface area contributed by atoms with Gasteiger partial charge in [-0.05, 0) is 5.88 Å². The van der Waals surface area contributed by atoms with E-state index in [0.717, 1.165) is 12.3 Å². The zero-order valence-corrected chi connectivity index (χ0v) is 12.4. The fourth-order valence-corrected chi connectivity index (χ4v) is 0.513. The summed E-state index contributed by atoms with van der Waals surface area (Å²) in [5.74, 6) is -0.589. The molecule has 0 aliphatic heterocycles. The van der Waals surface area contributed by atoms with Crippen molar-refractivity contribution in [2.24, 2.45) is 0 Å². The van der Waals surface area contributed by atoms with Crippen LogP contribution in [0.4, 0.5) is 5.69 Å². The minimum absolute atomic E-state index is 0. The van der Waals surface area contributed by atoms with Gasteiger partial charge in [-0.25, -0.2) is 0 Å². The quantitative estimate of drug-likeness (QED) is 0.265. The molecule has 5 nitrogen and oxygen atoms in total. The van der Waals surface area contributed by atoms with Crippen molar-refractivity contribution >= 4 is 30.1 Å². The van der Waals surface area contributed by atoms with Crippen LogP contribution in [-0.2, 0) is 0 Å². The molecule has 10 heteroatoms. The van der Waals surface area contributed by atoms with Crippen LogP contribution in [0.2, 0.25) is 0 Å². The average molecular weight is 403 g/mol. The van der Waals surface area contributed by atoms with Gasteiger partial charge in [0.25, 0.3) is 5.69 Å². The number of aromatic nitrogens is 1. The standard InChI is InChI=1S/C5H4N2O3.4ClH.Sb/c8-5-3-4(7(9)10)1-2-6-5;;;;;/h1-3H,(H,6,8);4*1H;/q;;;;;+5/p-5. The molecule has 0 radical (unpaired) electrons. The van der Waals surface area contributed by atoms with Gasteiger partial charge >= 0.3 is 24.4 Å². The summed E-state index contributed by atoms with van der Waals surface area (Å²) in [6.07, 6.45) is 1.11. The maximum Gasteiger partial charge on any atom is 5.00 e. The molecule has 1 aromatic rings. The maximum atomic E-state index is 10.4. The molecule has 0 bridgehead atoms. The normalized spacial score (nSPS) is 6.13. The Hall–Kier alpha value is 0.328. The van der Waals surface area contributed by atoms with E-state index in [0.29, 0.717) is 0 Å². The van der Waals surface area contributed by atoms with E-state index in [1.54, 1.807) is 0 Å². The van der Waals surface area contributed by atoms with Gasteiger partial charge in [0.2, 0.25) is 0 Å². The van der Waals surface area contributed by atoms with Gasteiger partial charge in [0.1, 0.15) is 0 Å². The molecule has 0 amide bonds. The number of nitrogens with zero attached hydrogens (tertiary/aromatic N) is 2. The smallest absolute Gasteiger partial charge is 1.00 e. The molecule has 1 aromatic heterocycles. The summed E-state index contributed by atoms with van der Waals surface area (Å²) in [4.78, 5) is 12.6. The first-order valence-corrected chi connectivity index (χ1v) is 2.47. The third-order valence-corrected chi connectivity index (χ3v) is 0.929. The minimum atomic E-state index is -0.636. The Labute approximate surface area is 128 Å². The molecule has 0 unspecified atom stereocenters. The van der Waals surface area contributed by atoms with E-state index in [9.17, 15) is 15.2 Å². The summed E-state index contributed by atoms with van der Waals surface area (Å²) in [6, 6.07) is 2.04. The van der Waals surface area contributed by atoms with Crippen molar-refractivity contribution in [3.63, 3.8) is 0 Å².